The summed E-state index contributed by atoms with van der Waals surface area (Å²) in [6, 6.07) is 2.57. The molecule has 0 aliphatic carbocycles. The van der Waals surface area contributed by atoms with Crippen LogP contribution < -0.4 is 11.5 Å². The summed E-state index contributed by atoms with van der Waals surface area (Å²) in [6.45, 7) is -0.0740. The number of halogens is 1. The molecule has 0 saturated heterocycles. The first-order valence-corrected chi connectivity index (χ1v) is 4.55. The van der Waals surface area contributed by atoms with Gasteiger partial charge in [0.15, 0.2) is 0 Å². The maximum absolute atomic E-state index is 9.66. The minimum Gasteiger partial charge on any atom is -0.507 e. The van der Waals surface area contributed by atoms with Gasteiger partial charge >= 0.3 is 0 Å². The zero-order chi connectivity index (χ0) is 10.7. The zero-order valence-electron chi connectivity index (χ0n) is 7.57. The maximum atomic E-state index is 9.66. The monoisotopic (exact) mass is 216 g/mol. The molecule has 0 unspecified atom stereocenters. The van der Waals surface area contributed by atoms with E-state index in [1.54, 1.807) is 6.07 Å². The first kappa shape index (κ1) is 11.3. The lowest BCUT2D eigenvalue weighted by Gasteiger charge is -2.14. The van der Waals surface area contributed by atoms with E-state index in [0.29, 0.717) is 16.1 Å². The summed E-state index contributed by atoms with van der Waals surface area (Å²) >= 11 is 5.78. The maximum Gasteiger partial charge on any atom is 0.126 e. The first-order chi connectivity index (χ1) is 6.60. The van der Waals surface area contributed by atoms with Crippen LogP contribution in [0.1, 0.15) is 17.2 Å². The Morgan fingerprint density at radius 2 is 2.07 bits per heavy atom. The van der Waals surface area contributed by atoms with Crippen molar-refractivity contribution in [3.63, 3.8) is 0 Å². The molecule has 1 atom stereocenters. The number of aliphatic hydroxyl groups is 1. The Labute approximate surface area is 87.1 Å². The Hall–Kier alpha value is -0.810. The molecule has 14 heavy (non-hydrogen) atoms. The predicted octanol–water partition coefficient (Wildman–Crippen LogP) is 0.496. The van der Waals surface area contributed by atoms with E-state index in [-0.39, 0.29) is 18.9 Å². The lowest BCUT2D eigenvalue weighted by Crippen LogP contribution is -2.21. The summed E-state index contributed by atoms with van der Waals surface area (Å²) < 4.78 is 0. The second-order valence-corrected chi connectivity index (χ2v) is 3.44. The van der Waals surface area contributed by atoms with E-state index < -0.39 is 6.04 Å². The van der Waals surface area contributed by atoms with Crippen LogP contribution in [0.2, 0.25) is 5.02 Å². The Balaban J connectivity index is 3.21. The average Bonchev–Trinajstić information content (AvgIpc) is 2.19. The lowest BCUT2D eigenvalue weighted by atomic mass is 10.0. The van der Waals surface area contributed by atoms with Crippen molar-refractivity contribution in [2.75, 3.05) is 6.54 Å². The molecule has 0 saturated carbocycles. The van der Waals surface area contributed by atoms with E-state index in [4.69, 9.17) is 28.2 Å². The minimum absolute atomic E-state index is 0.0325. The molecule has 78 valence electrons. The minimum atomic E-state index is -0.473. The van der Waals surface area contributed by atoms with Crippen molar-refractivity contribution in [1.82, 2.24) is 0 Å². The molecule has 0 spiro atoms. The molecule has 0 bridgehead atoms. The topological polar surface area (TPSA) is 92.5 Å². The smallest absolute Gasteiger partial charge is 0.126 e. The number of rotatable bonds is 3. The fourth-order valence-electron chi connectivity index (χ4n) is 1.21. The van der Waals surface area contributed by atoms with E-state index in [2.05, 4.69) is 0 Å². The van der Waals surface area contributed by atoms with Gasteiger partial charge in [-0.2, -0.15) is 0 Å². The molecule has 5 heteroatoms. The van der Waals surface area contributed by atoms with E-state index in [0.717, 1.165) is 0 Å². The highest BCUT2D eigenvalue weighted by Crippen LogP contribution is 2.30. The van der Waals surface area contributed by atoms with E-state index in [9.17, 15) is 5.11 Å². The van der Waals surface area contributed by atoms with Crippen LogP contribution in [0.5, 0.6) is 5.75 Å². The highest BCUT2D eigenvalue weighted by atomic mass is 35.5. The largest absolute Gasteiger partial charge is 0.507 e. The van der Waals surface area contributed by atoms with Crippen LogP contribution in [-0.4, -0.2) is 16.8 Å². The number of aliphatic hydroxyl groups excluding tert-OH is 1. The summed E-state index contributed by atoms with van der Waals surface area (Å²) in [5.41, 5.74) is 11.9. The van der Waals surface area contributed by atoms with E-state index in [1.165, 1.54) is 6.07 Å². The molecule has 1 aromatic rings. The molecule has 0 aromatic heterocycles. The molecule has 0 radical (unpaired) electrons. The van der Waals surface area contributed by atoms with Gasteiger partial charge in [0.05, 0.1) is 6.61 Å². The molecule has 0 aliphatic rings. The zero-order valence-corrected chi connectivity index (χ0v) is 8.33. The first-order valence-electron chi connectivity index (χ1n) is 4.18. The molecule has 0 heterocycles. The predicted molar refractivity (Wildman–Crippen MR) is 55.0 cm³/mol. The Kier molecular flexibility index (Phi) is 3.71. The fourth-order valence-corrected chi connectivity index (χ4v) is 1.46. The van der Waals surface area contributed by atoms with Crippen LogP contribution in [0.4, 0.5) is 0 Å². The van der Waals surface area contributed by atoms with Gasteiger partial charge in [0.25, 0.3) is 0 Å². The second kappa shape index (κ2) is 4.61. The van der Waals surface area contributed by atoms with Crippen molar-refractivity contribution in [1.29, 1.82) is 0 Å². The van der Waals surface area contributed by atoms with Crippen molar-refractivity contribution in [2.45, 2.75) is 12.6 Å². The Morgan fingerprint density at radius 3 is 2.57 bits per heavy atom. The molecule has 6 N–H and O–H groups in total. The molecular formula is C9H13ClN2O2. The van der Waals surface area contributed by atoms with Gasteiger partial charge in [-0.15, -0.1) is 0 Å². The third-order valence-corrected chi connectivity index (χ3v) is 2.23. The molecule has 4 nitrogen and oxygen atoms in total. The van der Waals surface area contributed by atoms with Crippen LogP contribution in [0.15, 0.2) is 12.1 Å². The average molecular weight is 217 g/mol. The number of benzene rings is 1. The molecular weight excluding hydrogens is 204 g/mol. The number of aromatic hydroxyl groups is 1. The lowest BCUT2D eigenvalue weighted by molar-refractivity contribution is 0.275. The molecule has 0 aliphatic heterocycles. The third kappa shape index (κ3) is 2.16. The standard InChI is InChI=1S/C9H13ClN2O2/c10-6-1-5(4-13)9(14)7(2-6)8(12)3-11/h1-2,8,13-14H,3-4,11-12H2/t8-/m0/s1. The number of hydrogen-bond acceptors (Lipinski definition) is 4. The van der Waals surface area contributed by atoms with Gasteiger partial charge in [-0.3, -0.25) is 0 Å². The molecule has 0 amide bonds. The SMILES string of the molecule is NC[C@H](N)c1cc(Cl)cc(CO)c1O. The highest BCUT2D eigenvalue weighted by molar-refractivity contribution is 6.30. The van der Waals surface area contributed by atoms with Gasteiger partial charge in [-0.05, 0) is 12.1 Å². The van der Waals surface area contributed by atoms with Gasteiger partial charge in [-0.25, -0.2) is 0 Å². The van der Waals surface area contributed by atoms with Crippen molar-refractivity contribution in [2.24, 2.45) is 11.5 Å². The number of hydrogen-bond donors (Lipinski definition) is 4. The van der Waals surface area contributed by atoms with E-state index in [1.807, 2.05) is 0 Å². The number of nitrogens with two attached hydrogens (primary N) is 2. The van der Waals surface area contributed by atoms with Gasteiger partial charge in [-0.1, -0.05) is 11.6 Å². The Bertz CT molecular complexity index is 331. The summed E-state index contributed by atoms with van der Waals surface area (Å²) in [6.07, 6.45) is 0. The van der Waals surface area contributed by atoms with Gasteiger partial charge in [0.2, 0.25) is 0 Å². The van der Waals surface area contributed by atoms with Crippen molar-refractivity contribution in [3.05, 3.63) is 28.3 Å². The van der Waals surface area contributed by atoms with Crippen molar-refractivity contribution >= 4 is 11.6 Å². The fraction of sp³-hybridized carbons (Fsp3) is 0.333. The quantitative estimate of drug-likeness (QED) is 0.592. The summed E-state index contributed by atoms with van der Waals surface area (Å²) in [4.78, 5) is 0. The van der Waals surface area contributed by atoms with Gasteiger partial charge in [0.1, 0.15) is 5.75 Å². The number of phenols is 1. The molecule has 1 rings (SSSR count). The van der Waals surface area contributed by atoms with Crippen LogP contribution >= 0.6 is 11.6 Å². The molecule has 0 fully saturated rings. The normalized spacial score (nSPS) is 12.9. The van der Waals surface area contributed by atoms with Crippen LogP contribution in [0, 0.1) is 0 Å². The van der Waals surface area contributed by atoms with Gasteiger partial charge in [0, 0.05) is 28.7 Å². The van der Waals surface area contributed by atoms with Crippen molar-refractivity contribution < 1.29 is 10.2 Å². The van der Waals surface area contributed by atoms with Crippen LogP contribution in [0.25, 0.3) is 0 Å². The molecule has 1 aromatic carbocycles. The Morgan fingerprint density at radius 1 is 1.43 bits per heavy atom. The third-order valence-electron chi connectivity index (χ3n) is 2.01. The highest BCUT2D eigenvalue weighted by Gasteiger charge is 2.13. The van der Waals surface area contributed by atoms with Crippen molar-refractivity contribution in [3.8, 4) is 5.75 Å². The van der Waals surface area contributed by atoms with E-state index >= 15 is 0 Å². The second-order valence-electron chi connectivity index (χ2n) is 3.00. The van der Waals surface area contributed by atoms with Crippen LogP contribution in [0.3, 0.4) is 0 Å². The summed E-state index contributed by atoms with van der Waals surface area (Å²) in [5.74, 6) is -0.0325. The van der Waals surface area contributed by atoms with Crippen LogP contribution in [-0.2, 0) is 6.61 Å². The summed E-state index contributed by atoms with van der Waals surface area (Å²) in [5, 5.41) is 19.0. The summed E-state index contributed by atoms with van der Waals surface area (Å²) in [7, 11) is 0. The van der Waals surface area contributed by atoms with Gasteiger partial charge < -0.3 is 21.7 Å².